The molecular weight excluding hydrogens is 566 g/mol. The molecule has 0 radical (unpaired) electrons. The van der Waals surface area contributed by atoms with Gasteiger partial charge >= 0.3 is 0 Å². The normalized spacial score (nSPS) is 21.1. The Morgan fingerprint density at radius 1 is 1.12 bits per heavy atom. The second-order valence-electron chi connectivity index (χ2n) is 12.4. The first-order valence-electron chi connectivity index (χ1n) is 15.0. The van der Waals surface area contributed by atoms with Crippen LogP contribution in [0.1, 0.15) is 52.0 Å². The van der Waals surface area contributed by atoms with E-state index in [1.165, 1.54) is 0 Å². The number of aryl methyl sites for hydroxylation is 1. The molecule has 3 fully saturated rings. The average Bonchev–Trinajstić information content (AvgIpc) is 3.46. The minimum Gasteiger partial charge on any atom is -0.492 e. The number of rotatable bonds is 9. The van der Waals surface area contributed by atoms with E-state index in [-0.39, 0.29) is 18.9 Å². The summed E-state index contributed by atoms with van der Waals surface area (Å²) in [6.07, 6.45) is 4.53. The van der Waals surface area contributed by atoms with E-state index in [4.69, 9.17) is 4.74 Å². The third kappa shape index (κ3) is 5.78. The first-order valence-corrected chi connectivity index (χ1v) is 15.8. The number of amides is 1. The summed E-state index contributed by atoms with van der Waals surface area (Å²) in [5.41, 5.74) is 4.01. The summed E-state index contributed by atoms with van der Waals surface area (Å²) in [6.45, 7) is 4.42. The summed E-state index contributed by atoms with van der Waals surface area (Å²) in [5, 5.41) is 4.42. The zero-order valence-corrected chi connectivity index (χ0v) is 25.4. The Bertz CT molecular complexity index is 1680. The summed E-state index contributed by atoms with van der Waals surface area (Å²) in [5.74, 6) is -1.99. The first kappa shape index (κ1) is 28.4. The number of halogens is 2. The van der Waals surface area contributed by atoms with Gasteiger partial charge in [0.1, 0.15) is 12.4 Å². The monoisotopic (exact) mass is 602 g/mol. The standard InChI is InChI=1S/C34H36F2N4O2S/c1-22-5-6-25(42-20-24-9-14-39(24)2)18-28(22)32(41)38-33(10-11-33)29-16-23(17-30-27(29)4-3-13-37-30)31-8-7-26(43-31)19-40-15-12-34(35,36)21-40/h3-8,13,16-18,24H,9-12,14-15,19-21H2,1-2H3,(H,38,41)/t24-/m0/s1. The predicted molar refractivity (Wildman–Crippen MR) is 166 cm³/mol. The number of nitrogens with zero attached hydrogens (tertiary/aromatic N) is 3. The predicted octanol–water partition coefficient (Wildman–Crippen LogP) is 6.61. The second kappa shape index (κ2) is 10.9. The van der Waals surface area contributed by atoms with Crippen molar-refractivity contribution in [1.29, 1.82) is 0 Å². The van der Waals surface area contributed by atoms with E-state index in [0.717, 1.165) is 63.2 Å². The summed E-state index contributed by atoms with van der Waals surface area (Å²) >= 11 is 1.63. The van der Waals surface area contributed by atoms with Gasteiger partial charge in [-0.25, -0.2) is 8.78 Å². The SMILES string of the molecule is Cc1ccc(OC[C@@H]2CCN2C)cc1C(=O)NC1(c2cc(-c3ccc(CN4CCC(F)(F)C4)s3)cc3ncccc23)CC1. The smallest absolute Gasteiger partial charge is 0.261 e. The number of nitrogens with one attached hydrogen (secondary N) is 1. The van der Waals surface area contributed by atoms with Gasteiger partial charge < -0.3 is 10.1 Å². The molecule has 224 valence electrons. The molecule has 0 unspecified atom stereocenters. The average molecular weight is 603 g/mol. The lowest BCUT2D eigenvalue weighted by Gasteiger charge is -2.37. The van der Waals surface area contributed by atoms with Crippen LogP contribution in [-0.2, 0) is 12.1 Å². The molecule has 1 saturated carbocycles. The van der Waals surface area contributed by atoms with Gasteiger partial charge in [0.05, 0.1) is 17.6 Å². The van der Waals surface area contributed by atoms with E-state index in [2.05, 4.69) is 46.5 Å². The van der Waals surface area contributed by atoms with Crippen LogP contribution in [0.5, 0.6) is 5.75 Å². The topological polar surface area (TPSA) is 57.7 Å². The van der Waals surface area contributed by atoms with E-state index in [0.29, 0.717) is 37.1 Å². The zero-order valence-electron chi connectivity index (χ0n) is 24.5. The Labute approximate surface area is 254 Å². The quantitative estimate of drug-likeness (QED) is 0.234. The molecule has 0 spiro atoms. The van der Waals surface area contributed by atoms with Gasteiger partial charge in [0.25, 0.3) is 11.8 Å². The molecule has 1 aliphatic carbocycles. The molecule has 2 saturated heterocycles. The highest BCUT2D eigenvalue weighted by Gasteiger charge is 2.47. The van der Waals surface area contributed by atoms with E-state index in [9.17, 15) is 13.6 Å². The Balaban J connectivity index is 1.14. The fourth-order valence-electron chi connectivity index (χ4n) is 6.28. The van der Waals surface area contributed by atoms with E-state index < -0.39 is 11.5 Å². The van der Waals surface area contributed by atoms with Crippen LogP contribution < -0.4 is 10.1 Å². The molecule has 43 heavy (non-hydrogen) atoms. The highest BCUT2D eigenvalue weighted by molar-refractivity contribution is 7.15. The van der Waals surface area contributed by atoms with Crippen LogP contribution in [0.15, 0.2) is 60.8 Å². The van der Waals surface area contributed by atoms with Crippen molar-refractivity contribution in [1.82, 2.24) is 20.1 Å². The molecule has 3 aliphatic rings. The van der Waals surface area contributed by atoms with Crippen LogP contribution in [0.25, 0.3) is 21.3 Å². The van der Waals surface area contributed by atoms with Crippen LogP contribution in [0.4, 0.5) is 8.78 Å². The minimum atomic E-state index is -2.60. The Kier molecular flexibility index (Phi) is 7.22. The largest absolute Gasteiger partial charge is 0.492 e. The van der Waals surface area contributed by atoms with Crippen LogP contribution >= 0.6 is 11.3 Å². The number of hydrogen-bond donors (Lipinski definition) is 1. The molecule has 1 N–H and O–H groups in total. The maximum absolute atomic E-state index is 13.8. The maximum Gasteiger partial charge on any atom is 0.261 e. The van der Waals surface area contributed by atoms with Gasteiger partial charge in [0.15, 0.2) is 0 Å². The van der Waals surface area contributed by atoms with Crippen molar-refractivity contribution in [3.8, 4) is 16.2 Å². The Morgan fingerprint density at radius 2 is 1.98 bits per heavy atom. The number of pyridine rings is 1. The number of benzene rings is 2. The fraction of sp³-hybridized carbons (Fsp3) is 0.412. The molecule has 0 bridgehead atoms. The van der Waals surface area contributed by atoms with Crippen LogP contribution in [0.3, 0.4) is 0 Å². The lowest BCUT2D eigenvalue weighted by molar-refractivity contribution is 0.0116. The van der Waals surface area contributed by atoms with Crippen molar-refractivity contribution in [2.45, 2.75) is 56.7 Å². The second-order valence-corrected chi connectivity index (χ2v) is 13.6. The summed E-state index contributed by atoms with van der Waals surface area (Å²) in [7, 11) is 2.10. The first-order chi connectivity index (χ1) is 20.7. The van der Waals surface area contributed by atoms with Gasteiger partial charge in [-0.1, -0.05) is 12.1 Å². The van der Waals surface area contributed by atoms with E-state index in [1.54, 1.807) is 17.5 Å². The van der Waals surface area contributed by atoms with Crippen LogP contribution in [0, 0.1) is 6.92 Å². The highest BCUT2D eigenvalue weighted by atomic mass is 32.1. The van der Waals surface area contributed by atoms with Crippen molar-refractivity contribution in [3.63, 3.8) is 0 Å². The number of thiophene rings is 1. The van der Waals surface area contributed by atoms with Gasteiger partial charge in [-0.05, 0) is 98.9 Å². The van der Waals surface area contributed by atoms with Gasteiger partial charge in [-0.15, -0.1) is 11.3 Å². The van der Waals surface area contributed by atoms with Crippen LogP contribution in [0.2, 0.25) is 0 Å². The maximum atomic E-state index is 13.8. The molecule has 4 aromatic rings. The third-order valence-corrected chi connectivity index (χ3v) is 10.4. The van der Waals surface area contributed by atoms with E-state index >= 15 is 0 Å². The minimum absolute atomic E-state index is 0.0757. The highest BCUT2D eigenvalue weighted by Crippen LogP contribution is 2.49. The van der Waals surface area contributed by atoms with Crippen molar-refractivity contribution in [2.24, 2.45) is 0 Å². The molecule has 9 heteroatoms. The zero-order chi connectivity index (χ0) is 29.8. The van der Waals surface area contributed by atoms with Crippen molar-refractivity contribution >= 4 is 28.1 Å². The third-order valence-electron chi connectivity index (χ3n) is 9.25. The molecule has 7 rings (SSSR count). The summed E-state index contributed by atoms with van der Waals surface area (Å²) < 4.78 is 33.5. The lowest BCUT2D eigenvalue weighted by Crippen LogP contribution is -2.48. The number of alkyl halides is 2. The number of ether oxygens (including phenoxy) is 1. The van der Waals surface area contributed by atoms with Gasteiger partial charge in [-0.2, -0.15) is 0 Å². The van der Waals surface area contributed by atoms with Crippen LogP contribution in [-0.4, -0.2) is 65.9 Å². The number of carbonyl (C=O) groups is 1. The number of hydrogen-bond acceptors (Lipinski definition) is 6. The molecule has 6 nitrogen and oxygen atoms in total. The fourth-order valence-corrected chi connectivity index (χ4v) is 7.32. The summed E-state index contributed by atoms with van der Waals surface area (Å²) in [6, 6.07) is 18.5. The van der Waals surface area contributed by atoms with E-state index in [1.807, 2.05) is 42.2 Å². The molecule has 4 heterocycles. The van der Waals surface area contributed by atoms with Crippen molar-refractivity contribution < 1.29 is 18.3 Å². The summed E-state index contributed by atoms with van der Waals surface area (Å²) in [4.78, 5) is 24.7. The van der Waals surface area contributed by atoms with Gasteiger partial charge in [0.2, 0.25) is 0 Å². The molecular formula is C34H36F2N4O2S. The van der Waals surface area contributed by atoms with Gasteiger partial charge in [-0.3, -0.25) is 19.6 Å². The number of likely N-dealkylation sites (tertiary alicyclic amines) is 2. The van der Waals surface area contributed by atoms with Gasteiger partial charge in [0, 0.05) is 52.5 Å². The number of likely N-dealkylation sites (N-methyl/N-ethyl adjacent to an activating group) is 1. The number of fused-ring (bicyclic) bond motifs is 1. The Morgan fingerprint density at radius 3 is 2.70 bits per heavy atom. The molecule has 1 amide bonds. The number of carbonyl (C=O) groups excluding carboxylic acids is 1. The molecule has 2 aromatic heterocycles. The molecule has 2 aliphatic heterocycles. The van der Waals surface area contributed by atoms with Crippen molar-refractivity contribution in [3.05, 3.63) is 82.4 Å². The Hall–Kier alpha value is -3.40. The van der Waals surface area contributed by atoms with Crippen molar-refractivity contribution in [2.75, 3.05) is 33.3 Å². The molecule has 2 aromatic carbocycles. The molecule has 1 atom stereocenters. The number of aromatic nitrogens is 1. The lowest BCUT2D eigenvalue weighted by atomic mass is 9.95.